The van der Waals surface area contributed by atoms with Gasteiger partial charge in [0.2, 0.25) is 5.90 Å². The second-order valence-corrected chi connectivity index (χ2v) is 6.78. The zero-order chi connectivity index (χ0) is 17.7. The van der Waals surface area contributed by atoms with Crippen LogP contribution in [0.4, 0.5) is 0 Å². The van der Waals surface area contributed by atoms with Crippen molar-refractivity contribution >= 4 is 18.5 Å². The van der Waals surface area contributed by atoms with Crippen LogP contribution in [0, 0.1) is 0 Å². The van der Waals surface area contributed by atoms with Crippen LogP contribution < -0.4 is 0 Å². The average Bonchev–Trinajstić information content (AvgIpc) is 2.99. The van der Waals surface area contributed by atoms with E-state index in [0.717, 1.165) is 22.3 Å². The molecule has 0 unspecified atom stereocenters. The number of nitrogens with zero attached hydrogens (tertiary/aromatic N) is 1. The largest absolute Gasteiger partial charge is 0.475 e. The number of rotatable bonds is 7. The van der Waals surface area contributed by atoms with E-state index in [9.17, 15) is 0 Å². The van der Waals surface area contributed by atoms with Crippen molar-refractivity contribution in [3.05, 3.63) is 59.7 Å². The maximum atomic E-state index is 5.94. The molecule has 3 rings (SSSR count). The molecular formula is C20H23NO3S. The third kappa shape index (κ3) is 4.42. The quantitative estimate of drug-likeness (QED) is 0.457. The zero-order valence-electron chi connectivity index (χ0n) is 14.6. The first-order valence-corrected chi connectivity index (χ1v) is 8.91. The van der Waals surface area contributed by atoms with Gasteiger partial charge in [-0.3, -0.25) is 0 Å². The maximum Gasteiger partial charge on any atom is 0.217 e. The molecule has 0 bridgehead atoms. The summed E-state index contributed by atoms with van der Waals surface area (Å²) in [4.78, 5) is 4.78. The van der Waals surface area contributed by atoms with Gasteiger partial charge in [-0.05, 0) is 30.5 Å². The van der Waals surface area contributed by atoms with Gasteiger partial charge in [-0.2, -0.15) is 12.6 Å². The van der Waals surface area contributed by atoms with Gasteiger partial charge in [0, 0.05) is 5.56 Å². The molecule has 0 amide bonds. The van der Waals surface area contributed by atoms with Gasteiger partial charge in [0.1, 0.15) is 13.4 Å². The van der Waals surface area contributed by atoms with Crippen molar-refractivity contribution in [3.8, 4) is 11.1 Å². The van der Waals surface area contributed by atoms with Crippen LogP contribution in [0.5, 0.6) is 0 Å². The van der Waals surface area contributed by atoms with E-state index in [4.69, 9.17) is 19.2 Å². The molecule has 1 aliphatic rings. The molecule has 0 spiro atoms. The molecule has 0 aromatic heterocycles. The van der Waals surface area contributed by atoms with Crippen LogP contribution >= 0.6 is 12.6 Å². The molecule has 1 aliphatic heterocycles. The highest BCUT2D eigenvalue weighted by Crippen LogP contribution is 2.31. The van der Waals surface area contributed by atoms with E-state index >= 15 is 0 Å². The molecule has 0 radical (unpaired) electrons. The van der Waals surface area contributed by atoms with E-state index < -0.39 is 0 Å². The van der Waals surface area contributed by atoms with E-state index in [1.165, 1.54) is 0 Å². The summed E-state index contributed by atoms with van der Waals surface area (Å²) >= 11 is 4.01. The molecule has 1 heterocycles. The number of benzene rings is 2. The fraction of sp³-hybridized carbons (Fsp3) is 0.350. The van der Waals surface area contributed by atoms with Crippen LogP contribution in [0.25, 0.3) is 11.1 Å². The highest BCUT2D eigenvalue weighted by Gasteiger charge is 2.29. The van der Waals surface area contributed by atoms with Crippen LogP contribution in [0.15, 0.2) is 53.5 Å². The summed E-state index contributed by atoms with van der Waals surface area (Å²) in [7, 11) is 0. The van der Waals surface area contributed by atoms with Crippen LogP contribution in [-0.4, -0.2) is 30.8 Å². The Morgan fingerprint density at radius 1 is 1.08 bits per heavy atom. The number of ether oxygens (including phenoxy) is 3. The Hall–Kier alpha value is -1.82. The lowest BCUT2D eigenvalue weighted by atomic mass is 9.95. The van der Waals surface area contributed by atoms with Gasteiger partial charge in [-0.25, -0.2) is 4.99 Å². The standard InChI is InChI=1S/C20H23NO3S/c1-20(2)12-24-19(21-20)18-16(11-22-13-23-14-25)9-6-10-17(18)15-7-4-3-5-8-15/h3-10,25H,11-14H2,1-2H3. The van der Waals surface area contributed by atoms with Gasteiger partial charge < -0.3 is 14.2 Å². The lowest BCUT2D eigenvalue weighted by molar-refractivity contribution is -0.0444. The van der Waals surface area contributed by atoms with Crippen molar-refractivity contribution in [2.75, 3.05) is 19.3 Å². The monoisotopic (exact) mass is 357 g/mol. The van der Waals surface area contributed by atoms with Crippen molar-refractivity contribution in [1.82, 2.24) is 0 Å². The Morgan fingerprint density at radius 2 is 1.88 bits per heavy atom. The van der Waals surface area contributed by atoms with E-state index in [1.807, 2.05) is 30.3 Å². The van der Waals surface area contributed by atoms with Crippen molar-refractivity contribution in [3.63, 3.8) is 0 Å². The second-order valence-electron chi connectivity index (χ2n) is 6.52. The van der Waals surface area contributed by atoms with E-state index in [0.29, 0.717) is 25.1 Å². The van der Waals surface area contributed by atoms with Crippen molar-refractivity contribution < 1.29 is 14.2 Å². The fourth-order valence-electron chi connectivity index (χ4n) is 2.79. The Balaban J connectivity index is 2.01. The Morgan fingerprint density at radius 3 is 2.56 bits per heavy atom. The molecule has 0 aliphatic carbocycles. The smallest absolute Gasteiger partial charge is 0.217 e. The highest BCUT2D eigenvalue weighted by molar-refractivity contribution is 7.80. The maximum absolute atomic E-state index is 5.94. The third-order valence-corrected chi connectivity index (χ3v) is 4.11. The Labute approximate surface area is 154 Å². The van der Waals surface area contributed by atoms with E-state index in [2.05, 4.69) is 44.7 Å². The normalized spacial score (nSPS) is 15.7. The summed E-state index contributed by atoms with van der Waals surface area (Å²) in [5, 5.41) is 0. The number of aliphatic imine (C=N–C) groups is 1. The number of hydrogen-bond acceptors (Lipinski definition) is 5. The van der Waals surface area contributed by atoms with Gasteiger partial charge in [0.05, 0.1) is 18.1 Å². The van der Waals surface area contributed by atoms with Crippen molar-refractivity contribution in [1.29, 1.82) is 0 Å². The fourth-order valence-corrected chi connectivity index (χ4v) is 2.87. The summed E-state index contributed by atoms with van der Waals surface area (Å²) in [6, 6.07) is 16.4. The SMILES string of the molecule is CC1(C)COC(c2c(COCOCS)cccc2-c2ccccc2)=N1. The first-order valence-electron chi connectivity index (χ1n) is 8.27. The molecule has 2 aromatic carbocycles. The van der Waals surface area contributed by atoms with E-state index in [1.54, 1.807) is 0 Å². The molecule has 0 N–H and O–H groups in total. The van der Waals surface area contributed by atoms with Gasteiger partial charge >= 0.3 is 0 Å². The van der Waals surface area contributed by atoms with Crippen molar-refractivity contribution in [2.24, 2.45) is 4.99 Å². The van der Waals surface area contributed by atoms with E-state index in [-0.39, 0.29) is 12.3 Å². The first kappa shape index (κ1) is 18.0. The van der Waals surface area contributed by atoms with Gasteiger partial charge in [-0.1, -0.05) is 48.5 Å². The minimum Gasteiger partial charge on any atom is -0.475 e. The van der Waals surface area contributed by atoms with Gasteiger partial charge in [0.25, 0.3) is 0 Å². The molecule has 0 atom stereocenters. The summed E-state index contributed by atoms with van der Waals surface area (Å²) < 4.78 is 16.7. The average molecular weight is 357 g/mol. The van der Waals surface area contributed by atoms with Crippen molar-refractivity contribution in [2.45, 2.75) is 26.0 Å². The minimum absolute atomic E-state index is 0.206. The van der Waals surface area contributed by atoms with Gasteiger partial charge in [0.15, 0.2) is 0 Å². The predicted octanol–water partition coefficient (Wildman–Crippen LogP) is 4.29. The topological polar surface area (TPSA) is 40.0 Å². The Kier molecular flexibility index (Phi) is 5.78. The molecule has 132 valence electrons. The molecule has 2 aromatic rings. The van der Waals surface area contributed by atoms with Crippen LogP contribution in [0.3, 0.4) is 0 Å². The minimum atomic E-state index is -0.216. The van der Waals surface area contributed by atoms with Crippen LogP contribution in [-0.2, 0) is 20.8 Å². The first-order chi connectivity index (χ1) is 12.1. The summed E-state index contributed by atoms with van der Waals surface area (Å²) in [6.45, 7) is 5.35. The lowest BCUT2D eigenvalue weighted by Crippen LogP contribution is -2.17. The summed E-state index contributed by atoms with van der Waals surface area (Å²) in [5.74, 6) is 1.01. The molecule has 4 nitrogen and oxygen atoms in total. The summed E-state index contributed by atoms with van der Waals surface area (Å²) in [6.07, 6.45) is 0. The number of hydrogen-bond donors (Lipinski definition) is 1. The molecule has 25 heavy (non-hydrogen) atoms. The molecule has 5 heteroatoms. The summed E-state index contributed by atoms with van der Waals surface area (Å²) in [5.41, 5.74) is 4.02. The van der Waals surface area contributed by atoms with Gasteiger partial charge in [-0.15, -0.1) is 0 Å². The molecule has 0 fully saturated rings. The molecule has 0 saturated heterocycles. The zero-order valence-corrected chi connectivity index (χ0v) is 15.5. The second kappa shape index (κ2) is 8.04. The molecular weight excluding hydrogens is 334 g/mol. The highest BCUT2D eigenvalue weighted by atomic mass is 32.1. The molecule has 0 saturated carbocycles. The van der Waals surface area contributed by atoms with Crippen LogP contribution in [0.2, 0.25) is 0 Å². The predicted molar refractivity (Wildman–Crippen MR) is 103 cm³/mol. The van der Waals surface area contributed by atoms with Crippen LogP contribution in [0.1, 0.15) is 25.0 Å². The Bertz CT molecular complexity index is 744. The number of thiol groups is 1. The third-order valence-electron chi connectivity index (χ3n) is 3.93. The lowest BCUT2D eigenvalue weighted by Gasteiger charge is -2.15.